The Bertz CT molecular complexity index is 734. The first kappa shape index (κ1) is 19.9. The molecule has 28 heavy (non-hydrogen) atoms. The van der Waals surface area contributed by atoms with Gasteiger partial charge in [-0.25, -0.2) is 4.79 Å². The molecular weight excluding hydrogens is 352 g/mol. The molecule has 2 aliphatic heterocycles. The van der Waals surface area contributed by atoms with Gasteiger partial charge in [0.1, 0.15) is 12.2 Å². The molecule has 5 heteroatoms. The van der Waals surface area contributed by atoms with E-state index in [0.717, 1.165) is 12.8 Å². The molecule has 2 fully saturated rings. The molecule has 2 saturated heterocycles. The highest BCUT2D eigenvalue weighted by atomic mass is 16.6. The maximum absolute atomic E-state index is 12.0. The molecule has 2 aliphatic rings. The maximum Gasteiger partial charge on any atom is 0.315 e. The van der Waals surface area contributed by atoms with E-state index < -0.39 is 6.10 Å². The number of benzene rings is 2. The number of ether oxygens (including phenoxy) is 2. The summed E-state index contributed by atoms with van der Waals surface area (Å²) in [6.45, 7) is 1.22. The Morgan fingerprint density at radius 1 is 1.07 bits per heavy atom. The number of nitrogens with one attached hydrogen (secondary N) is 2. The summed E-state index contributed by atoms with van der Waals surface area (Å²) in [4.78, 5) is 12.0. The first-order chi connectivity index (χ1) is 13.8. The summed E-state index contributed by atoms with van der Waals surface area (Å²) in [6, 6.07) is 21.5. The second kappa shape index (κ2) is 10.5. The lowest BCUT2D eigenvalue weighted by molar-refractivity contribution is 0.0589. The fourth-order valence-electron chi connectivity index (χ4n) is 3.37. The van der Waals surface area contributed by atoms with Crippen LogP contribution in [0.2, 0.25) is 0 Å². The Balaban J connectivity index is 0.000000320. The highest BCUT2D eigenvalue weighted by Gasteiger charge is 2.48. The SMILES string of the molecule is C#CC1O[C@@H]2CCO[C@@H]2[C@H]1NC(=O)NCCc1ccccc1.c1ccccc1. The molecule has 1 unspecified atom stereocenters. The molecule has 2 N–H and O–H groups in total. The average molecular weight is 378 g/mol. The van der Waals surface area contributed by atoms with Gasteiger partial charge >= 0.3 is 6.03 Å². The van der Waals surface area contributed by atoms with Crippen LogP contribution < -0.4 is 10.6 Å². The van der Waals surface area contributed by atoms with Crippen LogP contribution in [0.1, 0.15) is 12.0 Å². The van der Waals surface area contributed by atoms with Crippen LogP contribution in [0.5, 0.6) is 0 Å². The van der Waals surface area contributed by atoms with Crippen LogP contribution >= 0.6 is 0 Å². The molecule has 0 radical (unpaired) electrons. The van der Waals surface area contributed by atoms with Crippen molar-refractivity contribution in [2.75, 3.05) is 13.2 Å². The molecule has 5 nitrogen and oxygen atoms in total. The largest absolute Gasteiger partial charge is 0.373 e. The number of urea groups is 1. The molecule has 0 spiro atoms. The Labute approximate surface area is 166 Å². The molecule has 0 bridgehead atoms. The van der Waals surface area contributed by atoms with Crippen molar-refractivity contribution < 1.29 is 14.3 Å². The Morgan fingerprint density at radius 2 is 1.71 bits per heavy atom. The van der Waals surface area contributed by atoms with E-state index in [1.54, 1.807) is 0 Å². The van der Waals surface area contributed by atoms with Crippen molar-refractivity contribution >= 4 is 6.03 Å². The predicted molar refractivity (Wildman–Crippen MR) is 109 cm³/mol. The summed E-state index contributed by atoms with van der Waals surface area (Å²) in [5, 5.41) is 5.75. The first-order valence-electron chi connectivity index (χ1n) is 9.59. The fraction of sp³-hybridized carbons (Fsp3) is 0.348. The van der Waals surface area contributed by atoms with Crippen LogP contribution in [0.25, 0.3) is 0 Å². The number of amides is 2. The fourth-order valence-corrected chi connectivity index (χ4v) is 3.37. The third kappa shape index (κ3) is 5.59. The van der Waals surface area contributed by atoms with E-state index in [9.17, 15) is 4.79 Å². The van der Waals surface area contributed by atoms with Crippen molar-refractivity contribution in [1.82, 2.24) is 10.6 Å². The van der Waals surface area contributed by atoms with Crippen molar-refractivity contribution in [3.05, 3.63) is 72.3 Å². The number of rotatable bonds is 4. The maximum atomic E-state index is 12.0. The van der Waals surface area contributed by atoms with Crippen molar-refractivity contribution in [1.29, 1.82) is 0 Å². The van der Waals surface area contributed by atoms with Gasteiger partial charge in [-0.1, -0.05) is 72.7 Å². The van der Waals surface area contributed by atoms with E-state index in [0.29, 0.717) is 13.2 Å². The number of hydrogen-bond donors (Lipinski definition) is 2. The van der Waals surface area contributed by atoms with Crippen LogP contribution in [0, 0.1) is 12.3 Å². The van der Waals surface area contributed by atoms with Gasteiger partial charge in [0, 0.05) is 13.2 Å². The molecule has 2 heterocycles. The zero-order valence-electron chi connectivity index (χ0n) is 15.8. The monoisotopic (exact) mass is 378 g/mol. The van der Waals surface area contributed by atoms with Gasteiger partial charge in [0.2, 0.25) is 0 Å². The summed E-state index contributed by atoms with van der Waals surface area (Å²) >= 11 is 0. The van der Waals surface area contributed by atoms with E-state index in [4.69, 9.17) is 15.9 Å². The second-order valence-corrected chi connectivity index (χ2v) is 6.70. The second-order valence-electron chi connectivity index (χ2n) is 6.70. The number of carbonyl (C=O) groups excluding carboxylic acids is 1. The third-order valence-electron chi connectivity index (χ3n) is 4.75. The molecule has 2 amide bonds. The molecule has 4 atom stereocenters. The van der Waals surface area contributed by atoms with Gasteiger partial charge in [0.25, 0.3) is 0 Å². The molecule has 146 valence electrons. The summed E-state index contributed by atoms with van der Waals surface area (Å²) in [5.74, 6) is 2.59. The first-order valence-corrected chi connectivity index (χ1v) is 9.59. The lowest BCUT2D eigenvalue weighted by atomic mass is 10.1. The highest BCUT2D eigenvalue weighted by Crippen LogP contribution is 2.30. The Kier molecular flexibility index (Phi) is 7.48. The summed E-state index contributed by atoms with van der Waals surface area (Å²) < 4.78 is 11.4. The van der Waals surface area contributed by atoms with Crippen molar-refractivity contribution in [2.24, 2.45) is 0 Å². The zero-order valence-corrected chi connectivity index (χ0v) is 15.8. The summed E-state index contributed by atoms with van der Waals surface area (Å²) in [6.07, 6.45) is 6.53. The van der Waals surface area contributed by atoms with Gasteiger partial charge in [-0.15, -0.1) is 6.42 Å². The normalized spacial score (nSPS) is 25.0. The van der Waals surface area contributed by atoms with Crippen LogP contribution in [-0.4, -0.2) is 43.5 Å². The van der Waals surface area contributed by atoms with E-state index in [1.807, 2.05) is 66.7 Å². The van der Waals surface area contributed by atoms with E-state index in [2.05, 4.69) is 16.6 Å². The third-order valence-corrected chi connectivity index (χ3v) is 4.75. The summed E-state index contributed by atoms with van der Waals surface area (Å²) in [7, 11) is 0. The molecular formula is C23H26N2O3. The van der Waals surface area contributed by atoms with Gasteiger partial charge in [-0.05, 0) is 18.4 Å². The zero-order chi connectivity index (χ0) is 19.6. The van der Waals surface area contributed by atoms with E-state index in [-0.39, 0.29) is 24.3 Å². The highest BCUT2D eigenvalue weighted by molar-refractivity contribution is 5.74. The van der Waals surface area contributed by atoms with Crippen molar-refractivity contribution in [3.63, 3.8) is 0 Å². The van der Waals surface area contributed by atoms with Gasteiger partial charge in [-0.2, -0.15) is 0 Å². The van der Waals surface area contributed by atoms with Gasteiger partial charge in [0.15, 0.2) is 0 Å². The average Bonchev–Trinajstić information content (AvgIpc) is 3.33. The van der Waals surface area contributed by atoms with Crippen LogP contribution in [0.4, 0.5) is 4.79 Å². The minimum atomic E-state index is -0.421. The molecule has 2 aromatic rings. The van der Waals surface area contributed by atoms with Crippen LogP contribution in [0.3, 0.4) is 0 Å². The van der Waals surface area contributed by atoms with Gasteiger partial charge in [0.05, 0.1) is 12.1 Å². The lowest BCUT2D eigenvalue weighted by Gasteiger charge is -2.20. The number of carbonyl (C=O) groups is 1. The smallest absolute Gasteiger partial charge is 0.315 e. The van der Waals surface area contributed by atoms with Crippen LogP contribution in [0.15, 0.2) is 66.7 Å². The minimum absolute atomic E-state index is 0.00401. The molecule has 2 aromatic carbocycles. The number of terminal acetylenes is 1. The molecule has 0 saturated carbocycles. The quantitative estimate of drug-likeness (QED) is 0.805. The van der Waals surface area contributed by atoms with Crippen molar-refractivity contribution in [3.8, 4) is 12.3 Å². The van der Waals surface area contributed by atoms with Crippen molar-refractivity contribution in [2.45, 2.75) is 37.2 Å². The van der Waals surface area contributed by atoms with Crippen LogP contribution in [-0.2, 0) is 15.9 Å². The van der Waals surface area contributed by atoms with Gasteiger partial charge in [-0.3, -0.25) is 0 Å². The van der Waals surface area contributed by atoms with E-state index >= 15 is 0 Å². The predicted octanol–water partition coefficient (Wildman–Crippen LogP) is 2.77. The number of fused-ring (bicyclic) bond motifs is 1. The Hall–Kier alpha value is -2.81. The molecule has 4 rings (SSSR count). The number of hydrogen-bond acceptors (Lipinski definition) is 3. The molecule has 0 aromatic heterocycles. The topological polar surface area (TPSA) is 59.6 Å². The standard InChI is InChI=1S/C17H20N2O3.C6H6/c1-2-13-15(16-14(22-13)9-11-21-16)19-17(20)18-10-8-12-6-4-3-5-7-12;1-2-4-6-5-3-1/h1,3-7,13-16H,8-11H2,(H2,18,19,20);1-6H/t13?,14-,15+,16+;/m1./s1. The summed E-state index contributed by atoms with van der Waals surface area (Å²) in [5.41, 5.74) is 1.19. The minimum Gasteiger partial charge on any atom is -0.373 e. The Morgan fingerprint density at radius 3 is 2.36 bits per heavy atom. The lowest BCUT2D eigenvalue weighted by Crippen LogP contribution is -2.51. The van der Waals surface area contributed by atoms with E-state index in [1.165, 1.54) is 5.56 Å². The molecule has 0 aliphatic carbocycles. The van der Waals surface area contributed by atoms with Gasteiger partial charge < -0.3 is 20.1 Å².